The van der Waals surface area contributed by atoms with Crippen molar-refractivity contribution in [3.63, 3.8) is 0 Å². The first-order valence-corrected chi connectivity index (χ1v) is 9.79. The molecule has 0 unspecified atom stereocenters. The summed E-state index contributed by atoms with van der Waals surface area (Å²) in [4.78, 5) is 13.8. The van der Waals surface area contributed by atoms with E-state index >= 15 is 0 Å². The van der Waals surface area contributed by atoms with E-state index in [1.54, 1.807) is 6.92 Å². The Hall–Kier alpha value is -2.22. The largest absolute Gasteiger partial charge is 0.462 e. The number of sulfonamides is 1. The fraction of sp³-hybridized carbons (Fsp3) is 0.316. The molecule has 6 nitrogen and oxygen atoms in total. The van der Waals surface area contributed by atoms with Crippen LogP contribution in [0.25, 0.3) is 0 Å². The molecule has 2 aromatic rings. The second-order valence-electron chi connectivity index (χ2n) is 6.12. The molecule has 0 aliphatic heterocycles. The van der Waals surface area contributed by atoms with Gasteiger partial charge >= 0.3 is 5.97 Å². The van der Waals surface area contributed by atoms with Crippen molar-refractivity contribution < 1.29 is 17.9 Å². The lowest BCUT2D eigenvalue weighted by Gasteiger charge is -2.11. The Morgan fingerprint density at radius 3 is 2.12 bits per heavy atom. The second-order valence-corrected chi connectivity index (χ2v) is 7.89. The lowest BCUT2D eigenvalue weighted by Crippen LogP contribution is -2.23. The number of hydrogen-bond acceptors (Lipinski definition) is 5. The van der Waals surface area contributed by atoms with E-state index in [2.05, 4.69) is 9.62 Å². The van der Waals surface area contributed by atoms with Crippen LogP contribution >= 0.6 is 0 Å². The van der Waals surface area contributed by atoms with Crippen LogP contribution in [0.3, 0.4) is 0 Å². The van der Waals surface area contributed by atoms with E-state index in [9.17, 15) is 13.2 Å². The van der Waals surface area contributed by atoms with Gasteiger partial charge in [0.1, 0.15) is 0 Å². The Bertz CT molecular complexity index is 829. The summed E-state index contributed by atoms with van der Waals surface area (Å²) in [6.45, 7) is 3.02. The zero-order valence-corrected chi connectivity index (χ0v) is 16.0. The van der Waals surface area contributed by atoms with Gasteiger partial charge in [-0.3, -0.25) is 0 Å². The number of nitrogens with zero attached hydrogens (tertiary/aromatic N) is 1. The molecule has 1 N–H and O–H groups in total. The highest BCUT2D eigenvalue weighted by Crippen LogP contribution is 2.13. The third-order valence-corrected chi connectivity index (χ3v) is 5.08. The molecule has 0 bridgehead atoms. The Morgan fingerprint density at radius 2 is 1.58 bits per heavy atom. The fourth-order valence-corrected chi connectivity index (χ4v) is 3.39. The van der Waals surface area contributed by atoms with Crippen molar-refractivity contribution in [3.8, 4) is 0 Å². The molecule has 0 spiro atoms. The van der Waals surface area contributed by atoms with Gasteiger partial charge in [-0.1, -0.05) is 24.3 Å². The molecule has 26 heavy (non-hydrogen) atoms. The summed E-state index contributed by atoms with van der Waals surface area (Å²) < 4.78 is 32.2. The number of hydrogen-bond donors (Lipinski definition) is 1. The minimum Gasteiger partial charge on any atom is -0.462 e. The monoisotopic (exact) mass is 376 g/mol. The lowest BCUT2D eigenvalue weighted by molar-refractivity contribution is 0.0526. The molecule has 0 radical (unpaired) electrons. The van der Waals surface area contributed by atoms with Crippen LogP contribution in [-0.4, -0.2) is 40.0 Å². The van der Waals surface area contributed by atoms with E-state index in [0.717, 1.165) is 17.7 Å². The first-order chi connectivity index (χ1) is 12.3. The van der Waals surface area contributed by atoms with Crippen molar-refractivity contribution in [2.24, 2.45) is 0 Å². The van der Waals surface area contributed by atoms with Crippen LogP contribution in [0, 0.1) is 0 Å². The number of ether oxygens (including phenoxy) is 1. The molecule has 0 fully saturated rings. The number of carbonyl (C=O) groups excluding carboxylic acids is 1. The van der Waals surface area contributed by atoms with E-state index in [1.807, 2.05) is 38.4 Å². The first kappa shape index (κ1) is 20.1. The van der Waals surface area contributed by atoms with Gasteiger partial charge in [0.2, 0.25) is 10.0 Å². The Kier molecular flexibility index (Phi) is 6.90. The SMILES string of the molecule is CCOC(=O)c1ccc(S(=O)(=O)NCc2ccc(CN(C)C)cc2)cc1. The highest BCUT2D eigenvalue weighted by Gasteiger charge is 2.15. The third kappa shape index (κ3) is 5.66. The number of rotatable bonds is 8. The summed E-state index contributed by atoms with van der Waals surface area (Å²) in [6.07, 6.45) is 0. The van der Waals surface area contributed by atoms with E-state index in [1.165, 1.54) is 24.3 Å². The van der Waals surface area contributed by atoms with Crippen molar-refractivity contribution in [2.75, 3.05) is 20.7 Å². The molecule has 0 aromatic heterocycles. The second kappa shape index (κ2) is 8.93. The molecule has 0 amide bonds. The third-order valence-electron chi connectivity index (χ3n) is 3.66. The maximum Gasteiger partial charge on any atom is 0.338 e. The van der Waals surface area contributed by atoms with Crippen LogP contribution in [0.15, 0.2) is 53.4 Å². The zero-order chi connectivity index (χ0) is 19.2. The van der Waals surface area contributed by atoms with Gasteiger partial charge in [-0.2, -0.15) is 0 Å². The molecule has 0 aliphatic carbocycles. The molecule has 2 rings (SSSR count). The molecule has 0 aliphatic rings. The maximum atomic E-state index is 12.4. The van der Waals surface area contributed by atoms with Crippen molar-refractivity contribution >= 4 is 16.0 Å². The van der Waals surface area contributed by atoms with E-state index < -0.39 is 16.0 Å². The summed E-state index contributed by atoms with van der Waals surface area (Å²) in [5.41, 5.74) is 2.36. The fourth-order valence-electron chi connectivity index (χ4n) is 2.37. The van der Waals surface area contributed by atoms with Crippen LogP contribution in [-0.2, 0) is 27.8 Å². The normalized spacial score (nSPS) is 11.5. The summed E-state index contributed by atoms with van der Waals surface area (Å²) in [6, 6.07) is 13.5. The molecule has 0 saturated carbocycles. The van der Waals surface area contributed by atoms with Gasteiger partial charge in [-0.05, 0) is 56.4 Å². The average molecular weight is 376 g/mol. The van der Waals surface area contributed by atoms with Gasteiger partial charge in [0.15, 0.2) is 0 Å². The summed E-state index contributed by atoms with van der Waals surface area (Å²) in [7, 11) is 0.338. The number of nitrogens with one attached hydrogen (secondary N) is 1. The Balaban J connectivity index is 2.01. The first-order valence-electron chi connectivity index (χ1n) is 8.31. The highest BCUT2D eigenvalue weighted by atomic mass is 32.2. The molecule has 0 saturated heterocycles. The van der Waals surface area contributed by atoms with Crippen LogP contribution in [0.5, 0.6) is 0 Å². The van der Waals surface area contributed by atoms with Gasteiger partial charge < -0.3 is 9.64 Å². The van der Waals surface area contributed by atoms with Gasteiger partial charge in [0.05, 0.1) is 17.1 Å². The Morgan fingerprint density at radius 1 is 1.00 bits per heavy atom. The maximum absolute atomic E-state index is 12.4. The molecule has 0 heterocycles. The van der Waals surface area contributed by atoms with Crippen molar-refractivity contribution in [3.05, 3.63) is 65.2 Å². The molecular weight excluding hydrogens is 352 g/mol. The molecule has 140 valence electrons. The van der Waals surface area contributed by atoms with E-state index in [4.69, 9.17) is 4.74 Å². The van der Waals surface area contributed by atoms with E-state index in [-0.39, 0.29) is 18.0 Å². The predicted octanol–water partition coefficient (Wildman–Crippen LogP) is 2.40. The van der Waals surface area contributed by atoms with Gasteiger partial charge in [-0.15, -0.1) is 0 Å². The summed E-state index contributed by atoms with van der Waals surface area (Å²) in [5, 5.41) is 0. The lowest BCUT2D eigenvalue weighted by atomic mass is 10.1. The van der Waals surface area contributed by atoms with Gasteiger partial charge in [0, 0.05) is 13.1 Å². The van der Waals surface area contributed by atoms with Gasteiger partial charge in [0.25, 0.3) is 0 Å². The van der Waals surface area contributed by atoms with Crippen LogP contribution in [0.4, 0.5) is 0 Å². The summed E-state index contributed by atoms with van der Waals surface area (Å²) >= 11 is 0. The molecule has 0 atom stereocenters. The zero-order valence-electron chi connectivity index (χ0n) is 15.2. The smallest absolute Gasteiger partial charge is 0.338 e. The van der Waals surface area contributed by atoms with Gasteiger partial charge in [-0.25, -0.2) is 17.9 Å². The predicted molar refractivity (Wildman–Crippen MR) is 100 cm³/mol. The van der Waals surface area contributed by atoms with Crippen LogP contribution in [0.1, 0.15) is 28.4 Å². The topological polar surface area (TPSA) is 75.7 Å². The number of carbonyl (C=O) groups is 1. The average Bonchev–Trinajstić information content (AvgIpc) is 2.61. The minimum absolute atomic E-state index is 0.106. The molecular formula is C19H24N2O4S. The standard InChI is InChI=1S/C19H24N2O4S/c1-4-25-19(22)17-9-11-18(12-10-17)26(23,24)20-13-15-5-7-16(8-6-15)14-21(2)3/h5-12,20H,4,13-14H2,1-3H3. The highest BCUT2D eigenvalue weighted by molar-refractivity contribution is 7.89. The number of esters is 1. The molecule has 2 aromatic carbocycles. The van der Waals surface area contributed by atoms with Crippen LogP contribution < -0.4 is 4.72 Å². The van der Waals surface area contributed by atoms with Crippen molar-refractivity contribution in [2.45, 2.75) is 24.9 Å². The van der Waals surface area contributed by atoms with E-state index in [0.29, 0.717) is 5.56 Å². The van der Waals surface area contributed by atoms with Crippen molar-refractivity contribution in [1.29, 1.82) is 0 Å². The quantitative estimate of drug-likeness (QED) is 0.716. The molecule has 7 heteroatoms. The summed E-state index contributed by atoms with van der Waals surface area (Å²) in [5.74, 6) is -0.470. The minimum atomic E-state index is -3.65. The van der Waals surface area contributed by atoms with Crippen LogP contribution in [0.2, 0.25) is 0 Å². The van der Waals surface area contributed by atoms with Crippen molar-refractivity contribution in [1.82, 2.24) is 9.62 Å². The Labute approximate surface area is 154 Å². The number of benzene rings is 2.